The Hall–Kier alpha value is -4.34. The number of anilines is 2. The maximum absolute atomic E-state index is 12.8. The van der Waals surface area contributed by atoms with Crippen molar-refractivity contribution in [1.82, 2.24) is 10.6 Å². The van der Waals surface area contributed by atoms with Crippen molar-refractivity contribution in [3.05, 3.63) is 95.6 Å². The van der Waals surface area contributed by atoms with Crippen LogP contribution in [0, 0.1) is 0 Å². The third-order valence-corrected chi connectivity index (χ3v) is 4.58. The van der Waals surface area contributed by atoms with E-state index < -0.39 is 17.8 Å². The predicted molar refractivity (Wildman–Crippen MR) is 122 cm³/mol. The first-order valence-corrected chi connectivity index (χ1v) is 10.2. The Morgan fingerprint density at radius 2 is 1.21 bits per heavy atom. The van der Waals surface area contributed by atoms with Crippen molar-refractivity contribution >= 4 is 29.2 Å². The number of hydrogen-bond donors (Lipinski definition) is 4. The van der Waals surface area contributed by atoms with Crippen molar-refractivity contribution in [2.75, 3.05) is 23.7 Å². The number of carbonyl (C=O) groups is 3. The largest absolute Gasteiger partial charge is 0.416 e. The second-order valence-corrected chi connectivity index (χ2v) is 7.11. The molecule has 0 saturated heterocycles. The number of nitrogens with one attached hydrogen (secondary N) is 4. The molecule has 10 heteroatoms. The van der Waals surface area contributed by atoms with Gasteiger partial charge in [-0.05, 0) is 54.6 Å². The van der Waals surface area contributed by atoms with Crippen LogP contribution in [0.4, 0.5) is 29.3 Å². The van der Waals surface area contributed by atoms with Crippen LogP contribution < -0.4 is 21.3 Å². The van der Waals surface area contributed by atoms with Gasteiger partial charge >= 0.3 is 12.2 Å². The standard InChI is InChI=1S/C24H21F3N4O3/c25-24(26,27)18-7-4-8-20(15-18)31-23(34)30-19-11-9-17(10-12-19)22(33)29-14-13-28-21(32)16-5-2-1-3-6-16/h1-12,15H,13-14H2,(H,28,32)(H,29,33)(H2,30,31,34). The van der Waals surface area contributed by atoms with Crippen molar-refractivity contribution in [3.63, 3.8) is 0 Å². The van der Waals surface area contributed by atoms with Crippen LogP contribution >= 0.6 is 0 Å². The monoisotopic (exact) mass is 470 g/mol. The second kappa shape index (κ2) is 11.0. The summed E-state index contributed by atoms with van der Waals surface area (Å²) in [5.74, 6) is -0.609. The van der Waals surface area contributed by atoms with Crippen molar-refractivity contribution in [2.45, 2.75) is 6.18 Å². The van der Waals surface area contributed by atoms with E-state index in [0.717, 1.165) is 12.1 Å². The highest BCUT2D eigenvalue weighted by atomic mass is 19.4. The Kier molecular flexibility index (Phi) is 7.86. The lowest BCUT2D eigenvalue weighted by molar-refractivity contribution is -0.137. The summed E-state index contributed by atoms with van der Waals surface area (Å²) in [6.07, 6.45) is -4.52. The summed E-state index contributed by atoms with van der Waals surface area (Å²) in [5, 5.41) is 10.2. The van der Waals surface area contributed by atoms with Crippen molar-refractivity contribution in [3.8, 4) is 0 Å². The van der Waals surface area contributed by atoms with Crippen LogP contribution in [0.2, 0.25) is 0 Å². The van der Waals surface area contributed by atoms with E-state index >= 15 is 0 Å². The van der Waals surface area contributed by atoms with Gasteiger partial charge in [-0.3, -0.25) is 9.59 Å². The molecule has 4 amide bonds. The van der Waals surface area contributed by atoms with E-state index in [9.17, 15) is 27.6 Å². The molecule has 3 rings (SSSR count). The van der Waals surface area contributed by atoms with E-state index in [4.69, 9.17) is 0 Å². The molecule has 3 aromatic carbocycles. The van der Waals surface area contributed by atoms with E-state index in [-0.39, 0.29) is 30.6 Å². The van der Waals surface area contributed by atoms with Crippen LogP contribution in [0.15, 0.2) is 78.9 Å². The van der Waals surface area contributed by atoms with E-state index in [1.54, 1.807) is 30.3 Å². The van der Waals surface area contributed by atoms with Gasteiger partial charge in [-0.15, -0.1) is 0 Å². The molecule has 7 nitrogen and oxygen atoms in total. The topological polar surface area (TPSA) is 99.3 Å². The molecule has 0 bridgehead atoms. The molecule has 0 fully saturated rings. The Morgan fingerprint density at radius 1 is 0.647 bits per heavy atom. The van der Waals surface area contributed by atoms with Gasteiger partial charge in [-0.2, -0.15) is 13.2 Å². The normalized spacial score (nSPS) is 10.8. The van der Waals surface area contributed by atoms with Gasteiger partial charge in [0, 0.05) is 35.6 Å². The fourth-order valence-corrected chi connectivity index (χ4v) is 2.92. The van der Waals surface area contributed by atoms with Gasteiger partial charge in [0.15, 0.2) is 0 Å². The average molecular weight is 470 g/mol. The minimum Gasteiger partial charge on any atom is -0.350 e. The third kappa shape index (κ3) is 7.09. The Balaban J connectivity index is 1.44. The van der Waals surface area contributed by atoms with Crippen LogP contribution in [0.1, 0.15) is 26.3 Å². The summed E-state index contributed by atoms with van der Waals surface area (Å²) in [5.41, 5.74) is 0.311. The molecule has 0 aliphatic carbocycles. The molecule has 0 aliphatic rings. The molecule has 3 aromatic rings. The SMILES string of the molecule is O=C(Nc1ccc(C(=O)NCCNC(=O)c2ccccc2)cc1)Nc1cccc(C(F)(F)F)c1. The molecule has 0 heterocycles. The van der Waals surface area contributed by atoms with Gasteiger partial charge in [-0.25, -0.2) is 4.79 Å². The van der Waals surface area contributed by atoms with Crippen LogP contribution in [0.25, 0.3) is 0 Å². The zero-order chi connectivity index (χ0) is 24.6. The Bertz CT molecular complexity index is 1150. The van der Waals surface area contributed by atoms with Gasteiger partial charge < -0.3 is 21.3 Å². The summed E-state index contributed by atoms with van der Waals surface area (Å²) in [7, 11) is 0. The molecule has 34 heavy (non-hydrogen) atoms. The third-order valence-electron chi connectivity index (χ3n) is 4.58. The number of carbonyl (C=O) groups excluding carboxylic acids is 3. The first kappa shape index (κ1) is 24.3. The molecule has 0 radical (unpaired) electrons. The number of amides is 4. The summed E-state index contributed by atoms with van der Waals surface area (Å²) >= 11 is 0. The van der Waals surface area contributed by atoms with Crippen molar-refractivity contribution < 1.29 is 27.6 Å². The quantitative estimate of drug-likeness (QED) is 0.383. The first-order valence-electron chi connectivity index (χ1n) is 10.2. The smallest absolute Gasteiger partial charge is 0.350 e. The van der Waals surface area contributed by atoms with E-state index in [1.807, 2.05) is 0 Å². The molecule has 0 aromatic heterocycles. The lowest BCUT2D eigenvalue weighted by Gasteiger charge is -2.11. The molecule has 0 spiro atoms. The predicted octanol–water partition coefficient (Wildman–Crippen LogP) is 4.51. The molecular formula is C24H21F3N4O3. The molecule has 4 N–H and O–H groups in total. The maximum atomic E-state index is 12.8. The Morgan fingerprint density at radius 3 is 1.79 bits per heavy atom. The van der Waals surface area contributed by atoms with E-state index in [2.05, 4.69) is 21.3 Å². The summed E-state index contributed by atoms with van der Waals surface area (Å²) in [6.45, 7) is 0.464. The minimum absolute atomic E-state index is 0.0114. The summed E-state index contributed by atoms with van der Waals surface area (Å²) < 4.78 is 38.3. The van der Waals surface area contributed by atoms with Crippen molar-refractivity contribution in [2.24, 2.45) is 0 Å². The molecular weight excluding hydrogens is 449 g/mol. The molecule has 0 aliphatic heterocycles. The van der Waals surface area contributed by atoms with Gasteiger partial charge in [0.1, 0.15) is 0 Å². The molecule has 0 atom stereocenters. The van der Waals surface area contributed by atoms with Crippen molar-refractivity contribution in [1.29, 1.82) is 0 Å². The highest BCUT2D eigenvalue weighted by Gasteiger charge is 2.30. The highest BCUT2D eigenvalue weighted by molar-refractivity contribution is 6.00. The fourth-order valence-electron chi connectivity index (χ4n) is 2.92. The number of benzene rings is 3. The van der Waals surface area contributed by atoms with Crippen LogP contribution in [0.3, 0.4) is 0 Å². The van der Waals surface area contributed by atoms with Gasteiger partial charge in [0.2, 0.25) is 0 Å². The number of halogens is 3. The number of hydrogen-bond acceptors (Lipinski definition) is 3. The lowest BCUT2D eigenvalue weighted by atomic mass is 10.2. The Labute approximate surface area is 193 Å². The number of urea groups is 1. The first-order chi connectivity index (χ1) is 16.2. The fraction of sp³-hybridized carbons (Fsp3) is 0.125. The molecule has 176 valence electrons. The van der Waals surface area contributed by atoms with Gasteiger partial charge in [0.25, 0.3) is 11.8 Å². The van der Waals surface area contributed by atoms with Gasteiger partial charge in [-0.1, -0.05) is 24.3 Å². The molecule has 0 unspecified atom stereocenters. The second-order valence-electron chi connectivity index (χ2n) is 7.11. The zero-order valence-electron chi connectivity index (χ0n) is 17.8. The van der Waals surface area contributed by atoms with Crippen LogP contribution in [-0.4, -0.2) is 30.9 Å². The van der Waals surface area contributed by atoms with E-state index in [1.165, 1.54) is 36.4 Å². The van der Waals surface area contributed by atoms with E-state index in [0.29, 0.717) is 16.8 Å². The van der Waals surface area contributed by atoms with Crippen LogP contribution in [0.5, 0.6) is 0 Å². The van der Waals surface area contributed by atoms with Crippen LogP contribution in [-0.2, 0) is 6.18 Å². The molecule has 0 saturated carbocycles. The number of alkyl halides is 3. The average Bonchev–Trinajstić information content (AvgIpc) is 2.82. The lowest BCUT2D eigenvalue weighted by Crippen LogP contribution is -2.34. The summed E-state index contributed by atoms with van der Waals surface area (Å²) in [4.78, 5) is 36.3. The highest BCUT2D eigenvalue weighted by Crippen LogP contribution is 2.30. The zero-order valence-corrected chi connectivity index (χ0v) is 17.8. The minimum atomic E-state index is -4.52. The van der Waals surface area contributed by atoms with Gasteiger partial charge in [0.05, 0.1) is 5.56 Å². The maximum Gasteiger partial charge on any atom is 0.416 e. The number of rotatable bonds is 7. The summed E-state index contributed by atoms with van der Waals surface area (Å²) in [6, 6.07) is 18.2.